The minimum absolute atomic E-state index is 0.292. The number of benzene rings is 1. The summed E-state index contributed by atoms with van der Waals surface area (Å²) in [5.74, 6) is -1.84. The Morgan fingerprint density at radius 2 is 1.79 bits per heavy atom. The predicted molar refractivity (Wildman–Crippen MR) is 70.0 cm³/mol. The van der Waals surface area contributed by atoms with Gasteiger partial charge in [0, 0.05) is 12.1 Å². The molecule has 0 bridgehead atoms. The number of sulfonamides is 1. The molecule has 108 valence electrons. The largest absolute Gasteiger partial charge is 0.396 e. The first-order chi connectivity index (χ1) is 8.63. The van der Waals surface area contributed by atoms with Gasteiger partial charge in [-0.15, -0.1) is 0 Å². The second kappa shape index (κ2) is 5.83. The molecule has 19 heavy (non-hydrogen) atoms. The van der Waals surface area contributed by atoms with E-state index < -0.39 is 32.2 Å². The van der Waals surface area contributed by atoms with Crippen molar-refractivity contribution >= 4 is 15.7 Å². The number of halogens is 2. The zero-order valence-electron chi connectivity index (χ0n) is 11.1. The van der Waals surface area contributed by atoms with Gasteiger partial charge >= 0.3 is 0 Å². The van der Waals surface area contributed by atoms with E-state index in [1.54, 1.807) is 6.92 Å². The van der Waals surface area contributed by atoms with Gasteiger partial charge in [0.2, 0.25) is 10.0 Å². The fraction of sp³-hybridized carbons (Fsp3) is 0.500. The van der Waals surface area contributed by atoms with Crippen molar-refractivity contribution in [3.8, 4) is 0 Å². The van der Waals surface area contributed by atoms with Gasteiger partial charge in [0.05, 0.1) is 5.69 Å². The summed E-state index contributed by atoms with van der Waals surface area (Å²) < 4.78 is 52.8. The molecule has 1 atom stereocenters. The molecule has 7 heteroatoms. The molecule has 4 nitrogen and oxygen atoms in total. The van der Waals surface area contributed by atoms with Crippen LogP contribution in [0.15, 0.2) is 17.0 Å². The van der Waals surface area contributed by atoms with Crippen LogP contribution in [0.4, 0.5) is 14.5 Å². The number of nitrogen functional groups attached to an aromatic ring is 1. The fourth-order valence-electron chi connectivity index (χ4n) is 1.83. The van der Waals surface area contributed by atoms with Crippen LogP contribution in [0.1, 0.15) is 27.2 Å². The molecule has 0 fully saturated rings. The summed E-state index contributed by atoms with van der Waals surface area (Å²) in [6.45, 7) is 5.57. The zero-order valence-corrected chi connectivity index (χ0v) is 11.9. The van der Waals surface area contributed by atoms with Gasteiger partial charge in [0.15, 0.2) is 0 Å². The van der Waals surface area contributed by atoms with Gasteiger partial charge in [-0.2, -0.15) is 0 Å². The van der Waals surface area contributed by atoms with Gasteiger partial charge in [-0.05, 0) is 25.3 Å². The summed E-state index contributed by atoms with van der Waals surface area (Å²) in [6.07, 6.45) is 0.609. The third-order valence-electron chi connectivity index (χ3n) is 2.52. The molecular weight excluding hydrogens is 274 g/mol. The molecule has 0 saturated carbocycles. The van der Waals surface area contributed by atoms with E-state index in [-0.39, 0.29) is 6.04 Å². The van der Waals surface area contributed by atoms with Gasteiger partial charge in [-0.25, -0.2) is 21.9 Å². The zero-order chi connectivity index (χ0) is 14.8. The molecule has 0 aliphatic carbocycles. The minimum Gasteiger partial charge on any atom is -0.396 e. The maximum Gasteiger partial charge on any atom is 0.243 e. The van der Waals surface area contributed by atoms with E-state index in [4.69, 9.17) is 5.73 Å². The third kappa shape index (κ3) is 4.14. The van der Waals surface area contributed by atoms with Crippen molar-refractivity contribution in [3.05, 3.63) is 23.8 Å². The third-order valence-corrected chi connectivity index (χ3v) is 4.13. The van der Waals surface area contributed by atoms with Gasteiger partial charge in [0.25, 0.3) is 0 Å². The first kappa shape index (κ1) is 15.8. The molecule has 1 aromatic carbocycles. The normalized spacial score (nSPS) is 13.8. The smallest absolute Gasteiger partial charge is 0.243 e. The van der Waals surface area contributed by atoms with E-state index in [1.165, 1.54) is 0 Å². The summed E-state index contributed by atoms with van der Waals surface area (Å²) >= 11 is 0. The van der Waals surface area contributed by atoms with E-state index in [1.807, 2.05) is 13.8 Å². The molecule has 3 N–H and O–H groups in total. The molecule has 0 heterocycles. The number of nitrogens with one attached hydrogen (secondary N) is 1. The summed E-state index contributed by atoms with van der Waals surface area (Å²) in [4.78, 5) is -0.637. The Hall–Kier alpha value is -1.21. The standard InChI is InChI=1S/C12H18F2N2O2S/c1-7(2)4-8(3)16-19(17,18)12-6-11(15)9(13)5-10(12)14/h5-8,16H,4,15H2,1-3H3. The van der Waals surface area contributed by atoms with Gasteiger partial charge in [-0.1, -0.05) is 13.8 Å². The van der Waals surface area contributed by atoms with Crippen LogP contribution in [0.5, 0.6) is 0 Å². The Kier molecular flexibility index (Phi) is 4.86. The molecule has 0 aromatic heterocycles. The fourth-order valence-corrected chi connectivity index (χ4v) is 3.19. The maximum absolute atomic E-state index is 13.5. The minimum atomic E-state index is -4.05. The highest BCUT2D eigenvalue weighted by Crippen LogP contribution is 2.21. The van der Waals surface area contributed by atoms with E-state index in [0.29, 0.717) is 18.4 Å². The average Bonchev–Trinajstić information content (AvgIpc) is 2.20. The van der Waals surface area contributed by atoms with Crippen molar-refractivity contribution in [2.45, 2.75) is 38.1 Å². The summed E-state index contributed by atoms with van der Waals surface area (Å²) in [5, 5.41) is 0. The highest BCUT2D eigenvalue weighted by atomic mass is 32.2. The van der Waals surface area contributed by atoms with Crippen LogP contribution in [0.25, 0.3) is 0 Å². The van der Waals surface area contributed by atoms with Gasteiger partial charge in [0.1, 0.15) is 16.5 Å². The number of hydrogen-bond acceptors (Lipinski definition) is 3. The van der Waals surface area contributed by atoms with E-state index >= 15 is 0 Å². The van der Waals surface area contributed by atoms with Crippen molar-refractivity contribution in [2.75, 3.05) is 5.73 Å². The average molecular weight is 292 g/mol. The lowest BCUT2D eigenvalue weighted by molar-refractivity contribution is 0.479. The van der Waals surface area contributed by atoms with Crippen molar-refractivity contribution < 1.29 is 17.2 Å². The first-order valence-electron chi connectivity index (χ1n) is 5.90. The summed E-state index contributed by atoms with van der Waals surface area (Å²) in [5.41, 5.74) is 4.86. The van der Waals surface area contributed by atoms with Crippen LogP contribution >= 0.6 is 0 Å². The highest BCUT2D eigenvalue weighted by molar-refractivity contribution is 7.89. The Balaban J connectivity index is 3.04. The molecule has 1 unspecified atom stereocenters. The molecule has 0 aliphatic rings. The van der Waals surface area contributed by atoms with Crippen LogP contribution in [0, 0.1) is 17.6 Å². The quantitative estimate of drug-likeness (QED) is 0.818. The van der Waals surface area contributed by atoms with Crippen molar-refractivity contribution in [1.29, 1.82) is 0 Å². The Labute approximate surface area is 112 Å². The van der Waals surface area contributed by atoms with Crippen LogP contribution in [-0.2, 0) is 10.0 Å². The maximum atomic E-state index is 13.5. The SMILES string of the molecule is CC(C)CC(C)NS(=O)(=O)c1cc(N)c(F)cc1F. The Bertz CT molecular complexity index is 559. The highest BCUT2D eigenvalue weighted by Gasteiger charge is 2.23. The lowest BCUT2D eigenvalue weighted by Gasteiger charge is -2.16. The molecule has 1 aromatic rings. The van der Waals surface area contributed by atoms with Crippen molar-refractivity contribution in [3.63, 3.8) is 0 Å². The summed E-state index contributed by atoms with van der Waals surface area (Å²) in [6, 6.07) is 0.905. The Morgan fingerprint density at radius 3 is 2.32 bits per heavy atom. The van der Waals surface area contributed by atoms with E-state index in [9.17, 15) is 17.2 Å². The molecule has 0 aliphatic heterocycles. The number of rotatable bonds is 5. The lowest BCUT2D eigenvalue weighted by Crippen LogP contribution is -2.34. The first-order valence-corrected chi connectivity index (χ1v) is 7.38. The number of hydrogen-bond donors (Lipinski definition) is 2. The van der Waals surface area contributed by atoms with E-state index in [0.717, 1.165) is 6.07 Å². The van der Waals surface area contributed by atoms with E-state index in [2.05, 4.69) is 4.72 Å². The topological polar surface area (TPSA) is 72.2 Å². The van der Waals surface area contributed by atoms with Crippen LogP contribution in [0.3, 0.4) is 0 Å². The molecule has 0 radical (unpaired) electrons. The number of anilines is 1. The van der Waals surface area contributed by atoms with Gasteiger partial charge < -0.3 is 5.73 Å². The second-order valence-electron chi connectivity index (χ2n) is 4.96. The van der Waals surface area contributed by atoms with Crippen molar-refractivity contribution in [2.24, 2.45) is 5.92 Å². The second-order valence-corrected chi connectivity index (χ2v) is 6.64. The van der Waals surface area contributed by atoms with Gasteiger partial charge in [-0.3, -0.25) is 0 Å². The molecule has 0 spiro atoms. The molecule has 0 amide bonds. The molecule has 1 rings (SSSR count). The Morgan fingerprint density at radius 1 is 1.21 bits per heavy atom. The lowest BCUT2D eigenvalue weighted by atomic mass is 10.1. The van der Waals surface area contributed by atoms with Crippen LogP contribution in [-0.4, -0.2) is 14.5 Å². The van der Waals surface area contributed by atoms with Crippen molar-refractivity contribution in [1.82, 2.24) is 4.72 Å². The summed E-state index contributed by atoms with van der Waals surface area (Å²) in [7, 11) is -4.05. The monoisotopic (exact) mass is 292 g/mol. The number of nitrogens with two attached hydrogens (primary N) is 1. The van der Waals surface area contributed by atoms with Crippen LogP contribution < -0.4 is 10.5 Å². The predicted octanol–water partition coefficient (Wildman–Crippen LogP) is 2.26. The van der Waals surface area contributed by atoms with Crippen LogP contribution in [0.2, 0.25) is 0 Å². The molecular formula is C12H18F2N2O2S. The molecule has 0 saturated heterocycles.